The third-order valence-corrected chi connectivity index (χ3v) is 5.21. The van der Waals surface area contributed by atoms with E-state index in [0.717, 1.165) is 21.7 Å². The van der Waals surface area contributed by atoms with Crippen LogP contribution in [0, 0.1) is 17.0 Å². The second kappa shape index (κ2) is 8.12. The molecule has 5 nitrogen and oxygen atoms in total. The van der Waals surface area contributed by atoms with Gasteiger partial charge in [0.2, 0.25) is 0 Å². The number of rotatable bonds is 7. The van der Waals surface area contributed by atoms with Gasteiger partial charge in [-0.25, -0.2) is 0 Å². The van der Waals surface area contributed by atoms with Crippen LogP contribution in [0.15, 0.2) is 66.0 Å². The Hall–Kier alpha value is -2.70. The Bertz CT molecular complexity index is 846. The van der Waals surface area contributed by atoms with E-state index in [9.17, 15) is 15.2 Å². The van der Waals surface area contributed by atoms with Crippen LogP contribution in [0.2, 0.25) is 0 Å². The van der Waals surface area contributed by atoms with Crippen molar-refractivity contribution in [2.45, 2.75) is 25.5 Å². The summed E-state index contributed by atoms with van der Waals surface area (Å²) in [6.07, 6.45) is -0.103. The molecule has 1 heterocycles. The van der Waals surface area contributed by atoms with Gasteiger partial charge in [0, 0.05) is 29.1 Å². The molecule has 0 amide bonds. The maximum absolute atomic E-state index is 10.8. The maximum Gasteiger partial charge on any atom is 0.269 e. The number of benzene rings is 2. The number of non-ortho nitro benzene ring substituents is 1. The van der Waals surface area contributed by atoms with Crippen LogP contribution in [0.1, 0.15) is 34.6 Å². The van der Waals surface area contributed by atoms with E-state index in [4.69, 9.17) is 0 Å². The summed E-state index contributed by atoms with van der Waals surface area (Å²) in [5.41, 5.74) is 2.87. The molecule has 0 radical (unpaired) electrons. The van der Waals surface area contributed by atoms with Gasteiger partial charge < -0.3 is 10.4 Å². The number of hydrogen-bond donors (Lipinski definition) is 2. The predicted molar refractivity (Wildman–Crippen MR) is 105 cm³/mol. The first-order valence-corrected chi connectivity index (χ1v) is 9.20. The van der Waals surface area contributed by atoms with Crippen LogP contribution in [-0.4, -0.2) is 10.0 Å². The number of aliphatic hydroxyl groups excluding tert-OH is 1. The fourth-order valence-electron chi connectivity index (χ4n) is 2.76. The van der Waals surface area contributed by atoms with Crippen LogP contribution in [-0.2, 0) is 0 Å². The number of thiophene rings is 1. The normalized spacial score (nSPS) is 13.2. The van der Waals surface area contributed by atoms with E-state index in [1.807, 2.05) is 48.7 Å². The fraction of sp³-hybridized carbons (Fsp3) is 0.200. The van der Waals surface area contributed by atoms with Gasteiger partial charge in [0.15, 0.2) is 0 Å². The van der Waals surface area contributed by atoms with E-state index < -0.39 is 11.0 Å². The van der Waals surface area contributed by atoms with Gasteiger partial charge in [-0.3, -0.25) is 10.1 Å². The third kappa shape index (κ3) is 4.47. The highest BCUT2D eigenvalue weighted by Crippen LogP contribution is 2.32. The van der Waals surface area contributed by atoms with Crippen molar-refractivity contribution in [1.29, 1.82) is 0 Å². The minimum atomic E-state index is -0.603. The minimum absolute atomic E-state index is 0.0583. The number of nitrogens with zero attached hydrogens (tertiary/aromatic N) is 1. The van der Waals surface area contributed by atoms with E-state index in [1.54, 1.807) is 23.5 Å². The zero-order chi connectivity index (χ0) is 18.5. The lowest BCUT2D eigenvalue weighted by Crippen LogP contribution is -2.13. The lowest BCUT2D eigenvalue weighted by molar-refractivity contribution is -0.384. The van der Waals surface area contributed by atoms with E-state index in [2.05, 4.69) is 5.32 Å². The molecule has 0 aliphatic heterocycles. The van der Waals surface area contributed by atoms with Crippen LogP contribution in [0.25, 0.3) is 0 Å². The summed E-state index contributed by atoms with van der Waals surface area (Å²) in [5, 5.41) is 26.8. The molecule has 0 saturated carbocycles. The summed E-state index contributed by atoms with van der Waals surface area (Å²) in [6, 6.07) is 18.1. The molecule has 0 saturated heterocycles. The lowest BCUT2D eigenvalue weighted by atomic mass is 10.00. The fourth-order valence-corrected chi connectivity index (χ4v) is 3.56. The first kappa shape index (κ1) is 18.1. The van der Waals surface area contributed by atoms with Crippen LogP contribution in [0.3, 0.4) is 0 Å². The Morgan fingerprint density at radius 3 is 2.38 bits per heavy atom. The highest BCUT2D eigenvalue weighted by atomic mass is 32.1. The summed E-state index contributed by atoms with van der Waals surface area (Å²) in [5.74, 6) is 0. The van der Waals surface area contributed by atoms with E-state index in [0.29, 0.717) is 6.42 Å². The Balaban J connectivity index is 1.77. The Morgan fingerprint density at radius 1 is 1.12 bits per heavy atom. The summed E-state index contributed by atoms with van der Waals surface area (Å²) in [6.45, 7) is 2.01. The SMILES string of the molecule is Cc1ccc([C@H](O)C[C@@H](Nc2ccc([N+](=O)[O-])cc2)c2cccs2)cc1. The second-order valence-corrected chi connectivity index (χ2v) is 7.16. The van der Waals surface area contributed by atoms with Gasteiger partial charge in [0.25, 0.3) is 5.69 Å². The molecule has 0 aliphatic carbocycles. The molecule has 2 atom stereocenters. The highest BCUT2D eigenvalue weighted by molar-refractivity contribution is 7.10. The molecule has 1 aromatic heterocycles. The Morgan fingerprint density at radius 2 is 1.81 bits per heavy atom. The third-order valence-electron chi connectivity index (χ3n) is 4.23. The van der Waals surface area contributed by atoms with Gasteiger partial charge in [0.05, 0.1) is 17.1 Å². The van der Waals surface area contributed by atoms with Crippen molar-refractivity contribution in [3.05, 3.63) is 92.2 Å². The molecule has 2 N–H and O–H groups in total. The van der Waals surface area contributed by atoms with Crippen LogP contribution in [0.4, 0.5) is 11.4 Å². The van der Waals surface area contributed by atoms with Gasteiger partial charge in [-0.15, -0.1) is 11.3 Å². The number of aliphatic hydroxyl groups is 1. The summed E-state index contributed by atoms with van der Waals surface area (Å²) >= 11 is 1.62. The molecular formula is C20H20N2O3S. The smallest absolute Gasteiger partial charge is 0.269 e. The average molecular weight is 368 g/mol. The van der Waals surface area contributed by atoms with Crippen LogP contribution in [0.5, 0.6) is 0 Å². The number of hydrogen-bond acceptors (Lipinski definition) is 5. The molecule has 6 heteroatoms. The van der Waals surface area contributed by atoms with Crippen molar-refractivity contribution in [3.63, 3.8) is 0 Å². The van der Waals surface area contributed by atoms with Crippen molar-refractivity contribution in [3.8, 4) is 0 Å². The van der Waals surface area contributed by atoms with Crippen LogP contribution >= 0.6 is 11.3 Å². The van der Waals surface area contributed by atoms with Gasteiger partial charge in [0.1, 0.15) is 0 Å². The Labute approximate surface area is 156 Å². The second-order valence-electron chi connectivity index (χ2n) is 6.18. The molecular weight excluding hydrogens is 348 g/mol. The zero-order valence-electron chi connectivity index (χ0n) is 14.3. The lowest BCUT2D eigenvalue weighted by Gasteiger charge is -2.22. The van der Waals surface area contributed by atoms with E-state index >= 15 is 0 Å². The number of nitro groups is 1. The first-order valence-electron chi connectivity index (χ1n) is 8.32. The number of nitrogens with one attached hydrogen (secondary N) is 1. The Kier molecular flexibility index (Phi) is 5.65. The van der Waals surface area contributed by atoms with Gasteiger partial charge >= 0.3 is 0 Å². The van der Waals surface area contributed by atoms with Crippen molar-refractivity contribution < 1.29 is 10.0 Å². The van der Waals surface area contributed by atoms with Gasteiger partial charge in [-0.05, 0) is 36.1 Å². The monoisotopic (exact) mass is 368 g/mol. The first-order chi connectivity index (χ1) is 12.5. The molecule has 0 aliphatic rings. The number of aryl methyl sites for hydroxylation is 1. The average Bonchev–Trinajstić information content (AvgIpc) is 3.16. The van der Waals surface area contributed by atoms with Crippen LogP contribution < -0.4 is 5.32 Å². The topological polar surface area (TPSA) is 75.4 Å². The molecule has 0 unspecified atom stereocenters. The summed E-state index contributed by atoms with van der Waals surface area (Å²) < 4.78 is 0. The molecule has 2 aromatic carbocycles. The van der Waals surface area contributed by atoms with Gasteiger partial charge in [-0.1, -0.05) is 35.9 Å². The molecule has 0 fully saturated rings. The molecule has 0 spiro atoms. The molecule has 26 heavy (non-hydrogen) atoms. The predicted octanol–water partition coefficient (Wildman–Crippen LogP) is 5.24. The van der Waals surface area contributed by atoms with E-state index in [1.165, 1.54) is 12.1 Å². The molecule has 134 valence electrons. The zero-order valence-corrected chi connectivity index (χ0v) is 15.1. The van der Waals surface area contributed by atoms with Gasteiger partial charge in [-0.2, -0.15) is 0 Å². The number of nitro benzene ring substituents is 1. The molecule has 0 bridgehead atoms. The largest absolute Gasteiger partial charge is 0.388 e. The standard InChI is InChI=1S/C20H20N2O3S/c1-14-4-6-15(7-5-14)19(23)13-18(20-3-2-12-26-20)21-16-8-10-17(11-9-16)22(24)25/h2-12,18-19,21,23H,13H2,1H3/t18-,19-/m1/s1. The minimum Gasteiger partial charge on any atom is -0.388 e. The summed E-state index contributed by atoms with van der Waals surface area (Å²) in [4.78, 5) is 11.5. The van der Waals surface area contributed by atoms with Crippen molar-refractivity contribution in [2.75, 3.05) is 5.32 Å². The van der Waals surface area contributed by atoms with Crippen molar-refractivity contribution in [2.24, 2.45) is 0 Å². The number of anilines is 1. The van der Waals surface area contributed by atoms with E-state index in [-0.39, 0.29) is 11.7 Å². The summed E-state index contributed by atoms with van der Waals surface area (Å²) in [7, 11) is 0. The maximum atomic E-state index is 10.8. The quantitative estimate of drug-likeness (QED) is 0.442. The molecule has 3 aromatic rings. The van der Waals surface area contributed by atoms with Crippen molar-refractivity contribution >= 4 is 22.7 Å². The van der Waals surface area contributed by atoms with Crippen molar-refractivity contribution in [1.82, 2.24) is 0 Å². The highest BCUT2D eigenvalue weighted by Gasteiger charge is 2.19. The molecule has 3 rings (SSSR count).